The molecule has 2 amide bonds. The summed E-state index contributed by atoms with van der Waals surface area (Å²) in [7, 11) is -3.66. The fraction of sp³-hybridized carbons (Fsp3) is 0.375. The SMILES string of the molecule is CC[C@H](C)NC(=O)[C@H](Cc1ccccc1)N(Cc1ccc(Cl)c(Cl)c1)C(=O)CCCN(c1cccc(Cl)c1C)S(C)(=O)=O. The van der Waals surface area contributed by atoms with Crippen molar-refractivity contribution in [2.45, 2.75) is 65.1 Å². The summed E-state index contributed by atoms with van der Waals surface area (Å²) in [6, 6.07) is 18.8. The van der Waals surface area contributed by atoms with E-state index in [1.165, 1.54) is 4.31 Å². The first kappa shape index (κ1) is 34.7. The van der Waals surface area contributed by atoms with Crippen LogP contribution in [0, 0.1) is 6.92 Å². The second kappa shape index (κ2) is 15.8. The highest BCUT2D eigenvalue weighted by Gasteiger charge is 2.31. The molecule has 0 aliphatic carbocycles. The number of nitrogens with zero attached hydrogens (tertiary/aromatic N) is 2. The predicted molar refractivity (Wildman–Crippen MR) is 176 cm³/mol. The highest BCUT2D eigenvalue weighted by atomic mass is 35.5. The van der Waals surface area contributed by atoms with Gasteiger partial charge in [0.05, 0.1) is 22.0 Å². The van der Waals surface area contributed by atoms with Crippen LogP contribution in [0.3, 0.4) is 0 Å². The Morgan fingerprint density at radius 3 is 2.23 bits per heavy atom. The number of rotatable bonds is 14. The summed E-state index contributed by atoms with van der Waals surface area (Å²) in [6.07, 6.45) is 2.39. The number of nitrogens with one attached hydrogen (secondary N) is 1. The zero-order chi connectivity index (χ0) is 31.7. The summed E-state index contributed by atoms with van der Waals surface area (Å²) in [4.78, 5) is 29.2. The van der Waals surface area contributed by atoms with Crippen LogP contribution in [0.15, 0.2) is 66.7 Å². The Labute approximate surface area is 270 Å². The van der Waals surface area contributed by atoms with Crippen molar-refractivity contribution >= 4 is 62.3 Å². The Morgan fingerprint density at radius 1 is 0.907 bits per heavy atom. The van der Waals surface area contributed by atoms with Gasteiger partial charge in [0, 0.05) is 37.0 Å². The molecule has 0 fully saturated rings. The van der Waals surface area contributed by atoms with Crippen molar-refractivity contribution in [2.24, 2.45) is 0 Å². The summed E-state index contributed by atoms with van der Waals surface area (Å²) in [5.74, 6) is -0.554. The maximum atomic E-state index is 14.0. The average molecular weight is 667 g/mol. The minimum atomic E-state index is -3.66. The van der Waals surface area contributed by atoms with Gasteiger partial charge in [0.1, 0.15) is 6.04 Å². The first-order chi connectivity index (χ1) is 20.3. The van der Waals surface area contributed by atoms with Crippen LogP contribution < -0.4 is 9.62 Å². The molecule has 0 heterocycles. The molecule has 0 aliphatic rings. The number of carbonyl (C=O) groups is 2. The maximum Gasteiger partial charge on any atom is 0.243 e. The number of halogens is 3. The van der Waals surface area contributed by atoms with Gasteiger partial charge in [-0.1, -0.05) is 84.2 Å². The average Bonchev–Trinajstić information content (AvgIpc) is 2.96. The second-order valence-electron chi connectivity index (χ2n) is 10.6. The molecule has 7 nitrogen and oxygen atoms in total. The molecule has 0 radical (unpaired) electrons. The molecule has 0 aliphatic heterocycles. The van der Waals surface area contributed by atoms with E-state index in [2.05, 4.69) is 5.32 Å². The molecular formula is C32H38Cl3N3O4S. The molecule has 3 rings (SSSR count). The number of hydrogen-bond acceptors (Lipinski definition) is 4. The zero-order valence-corrected chi connectivity index (χ0v) is 27.9. The van der Waals surface area contributed by atoms with Crippen molar-refractivity contribution in [1.29, 1.82) is 0 Å². The largest absolute Gasteiger partial charge is 0.352 e. The Kier molecular flexibility index (Phi) is 12.8. The lowest BCUT2D eigenvalue weighted by molar-refractivity contribution is -0.141. The van der Waals surface area contributed by atoms with E-state index >= 15 is 0 Å². The number of anilines is 1. The summed E-state index contributed by atoms with van der Waals surface area (Å²) in [5.41, 5.74) is 2.71. The first-order valence-electron chi connectivity index (χ1n) is 14.1. The molecule has 2 atom stereocenters. The van der Waals surface area contributed by atoms with Crippen molar-refractivity contribution in [3.05, 3.63) is 98.5 Å². The van der Waals surface area contributed by atoms with E-state index in [-0.39, 0.29) is 43.8 Å². The van der Waals surface area contributed by atoms with Crippen LogP contribution in [0.25, 0.3) is 0 Å². The predicted octanol–water partition coefficient (Wildman–Crippen LogP) is 7.06. The molecule has 0 saturated heterocycles. The van der Waals surface area contributed by atoms with Crippen molar-refractivity contribution < 1.29 is 18.0 Å². The molecule has 0 saturated carbocycles. The van der Waals surface area contributed by atoms with E-state index in [1.807, 2.05) is 44.2 Å². The van der Waals surface area contributed by atoms with Crippen LogP contribution >= 0.6 is 34.8 Å². The molecule has 1 N–H and O–H groups in total. The van der Waals surface area contributed by atoms with E-state index in [4.69, 9.17) is 34.8 Å². The third-order valence-corrected chi connectivity index (χ3v) is 9.60. The van der Waals surface area contributed by atoms with Crippen LogP contribution in [0.1, 0.15) is 49.8 Å². The molecular weight excluding hydrogens is 629 g/mol. The van der Waals surface area contributed by atoms with Crippen molar-refractivity contribution in [3.63, 3.8) is 0 Å². The molecule has 0 bridgehead atoms. The molecule has 11 heteroatoms. The van der Waals surface area contributed by atoms with E-state index < -0.39 is 16.1 Å². The fourth-order valence-electron chi connectivity index (χ4n) is 4.68. The number of benzene rings is 3. The van der Waals surface area contributed by atoms with Crippen LogP contribution in [0.4, 0.5) is 5.69 Å². The van der Waals surface area contributed by atoms with Gasteiger partial charge in [-0.3, -0.25) is 13.9 Å². The van der Waals surface area contributed by atoms with Gasteiger partial charge in [0.25, 0.3) is 0 Å². The van der Waals surface area contributed by atoms with Gasteiger partial charge in [-0.15, -0.1) is 0 Å². The van der Waals surface area contributed by atoms with Gasteiger partial charge < -0.3 is 10.2 Å². The molecule has 0 spiro atoms. The van der Waals surface area contributed by atoms with Crippen LogP contribution in [0.2, 0.25) is 15.1 Å². The normalized spacial score (nSPS) is 12.8. The highest BCUT2D eigenvalue weighted by molar-refractivity contribution is 7.92. The van der Waals surface area contributed by atoms with Gasteiger partial charge in [-0.2, -0.15) is 0 Å². The fourth-order valence-corrected chi connectivity index (χ4v) is 6.18. The summed E-state index contributed by atoms with van der Waals surface area (Å²) in [5, 5.41) is 4.22. The summed E-state index contributed by atoms with van der Waals surface area (Å²) in [6.45, 7) is 5.83. The molecule has 43 heavy (non-hydrogen) atoms. The van der Waals surface area contributed by atoms with Gasteiger partial charge in [0.15, 0.2) is 0 Å². The first-order valence-corrected chi connectivity index (χ1v) is 17.1. The van der Waals surface area contributed by atoms with Crippen molar-refractivity contribution in [3.8, 4) is 0 Å². The van der Waals surface area contributed by atoms with Gasteiger partial charge in [0.2, 0.25) is 21.8 Å². The lowest BCUT2D eigenvalue weighted by Crippen LogP contribution is -2.52. The van der Waals surface area contributed by atoms with E-state index in [9.17, 15) is 18.0 Å². The third kappa shape index (κ3) is 9.86. The molecule has 0 aromatic heterocycles. The third-order valence-electron chi connectivity index (χ3n) is 7.27. The topological polar surface area (TPSA) is 86.8 Å². The minimum Gasteiger partial charge on any atom is -0.352 e. The highest BCUT2D eigenvalue weighted by Crippen LogP contribution is 2.29. The van der Waals surface area contributed by atoms with Crippen LogP contribution in [-0.2, 0) is 32.6 Å². The number of carbonyl (C=O) groups excluding carboxylic acids is 2. The smallest absolute Gasteiger partial charge is 0.243 e. The maximum absolute atomic E-state index is 14.0. The molecule has 3 aromatic carbocycles. The molecule has 232 valence electrons. The molecule has 0 unspecified atom stereocenters. The Morgan fingerprint density at radius 2 is 1.60 bits per heavy atom. The van der Waals surface area contributed by atoms with E-state index in [0.717, 1.165) is 18.2 Å². The van der Waals surface area contributed by atoms with Gasteiger partial charge >= 0.3 is 0 Å². The number of sulfonamides is 1. The van der Waals surface area contributed by atoms with Gasteiger partial charge in [-0.25, -0.2) is 8.42 Å². The van der Waals surface area contributed by atoms with Gasteiger partial charge in [-0.05, 0) is 67.6 Å². The summed E-state index contributed by atoms with van der Waals surface area (Å²) >= 11 is 18.7. The van der Waals surface area contributed by atoms with Crippen molar-refractivity contribution in [2.75, 3.05) is 17.1 Å². The van der Waals surface area contributed by atoms with E-state index in [0.29, 0.717) is 38.3 Å². The summed E-state index contributed by atoms with van der Waals surface area (Å²) < 4.78 is 26.8. The lowest BCUT2D eigenvalue weighted by Gasteiger charge is -2.33. The standard InChI is InChI=1S/C32H38Cl3N3O4S/c1-5-22(2)36-32(40)30(20-24-11-7-6-8-12-24)37(21-25-16-17-27(34)28(35)19-25)31(39)15-10-18-38(43(4,41)42)29-14-9-13-26(33)23(29)3/h6-9,11-14,16-17,19,22,30H,5,10,15,18,20-21H2,1-4H3,(H,36,40)/t22-,30-/m0/s1. The monoisotopic (exact) mass is 665 g/mol. The minimum absolute atomic E-state index is 0.00879. The Bertz CT molecular complexity index is 1520. The number of amides is 2. The quantitative estimate of drug-likeness (QED) is 0.200. The molecule has 3 aromatic rings. The van der Waals surface area contributed by atoms with E-state index in [1.54, 1.807) is 48.2 Å². The second-order valence-corrected chi connectivity index (χ2v) is 13.7. The van der Waals surface area contributed by atoms with Crippen LogP contribution in [0.5, 0.6) is 0 Å². The van der Waals surface area contributed by atoms with Crippen molar-refractivity contribution in [1.82, 2.24) is 10.2 Å². The lowest BCUT2D eigenvalue weighted by atomic mass is 10.0. The van der Waals surface area contributed by atoms with Crippen LogP contribution in [-0.4, -0.2) is 50.0 Å². The number of hydrogen-bond donors (Lipinski definition) is 1. The Balaban J connectivity index is 1.93. The Hall–Kier alpha value is -2.78. The zero-order valence-electron chi connectivity index (χ0n) is 24.8.